The molecule has 8 rings (SSSR count). The molecule has 20 heteroatoms. The minimum atomic E-state index is -4.59. The van der Waals surface area contributed by atoms with E-state index in [1.807, 2.05) is 39.1 Å². The highest BCUT2D eigenvalue weighted by Crippen LogP contribution is 2.43. The molecule has 374 valence electrons. The van der Waals surface area contributed by atoms with Crippen LogP contribution in [-0.2, 0) is 48.0 Å². The third-order valence-corrected chi connectivity index (χ3v) is 14.6. The number of aromatic nitrogens is 3. The van der Waals surface area contributed by atoms with Gasteiger partial charge in [0, 0.05) is 92.3 Å². The van der Waals surface area contributed by atoms with Crippen LogP contribution in [-0.4, -0.2) is 153 Å². The minimum absolute atomic E-state index is 0.0806. The summed E-state index contributed by atoms with van der Waals surface area (Å²) in [6.07, 6.45) is 0.589. The van der Waals surface area contributed by atoms with Crippen LogP contribution in [0.1, 0.15) is 69.8 Å². The van der Waals surface area contributed by atoms with Gasteiger partial charge in [-0.05, 0) is 68.0 Å². The molecule has 0 spiro atoms. The Balaban J connectivity index is 1.16. The molecular weight excluding hydrogens is 928 g/mol. The van der Waals surface area contributed by atoms with E-state index in [2.05, 4.69) is 17.0 Å². The van der Waals surface area contributed by atoms with Gasteiger partial charge in [0.05, 0.1) is 34.8 Å². The SMILES string of the molecule is C=CC(=O)N1CCN(C(=O)N(C)[C@H](C(=O)[N+]2=CC2C2Cc3nc(cs3)-c3ccc4c(c3)c(c(-c3cccnc3[C@H](C)OC)n4CC(F)(F)F)CC(C)(C)COC(=O)[C@@H]3CCCN(N3)C2=O)C(C)C)CC1. The number of carbonyl (C=O) groups excluding carboxylic acids is 5. The number of rotatable bonds is 9. The number of carbonyl (C=O) groups is 5. The monoisotopic (exact) mass is 988 g/mol. The quantitative estimate of drug-likeness (QED) is 0.115. The van der Waals surface area contributed by atoms with Crippen molar-refractivity contribution >= 4 is 58.2 Å². The fraction of sp³-hybridized carbons (Fsp3) is 0.520. The number of pyridine rings is 1. The van der Waals surface area contributed by atoms with Crippen LogP contribution >= 0.6 is 11.3 Å². The van der Waals surface area contributed by atoms with E-state index in [-0.39, 0.29) is 49.1 Å². The van der Waals surface area contributed by atoms with Crippen molar-refractivity contribution < 1.29 is 51.2 Å². The number of amides is 5. The molecule has 5 atom stereocenters. The third-order valence-electron chi connectivity index (χ3n) is 13.7. The van der Waals surface area contributed by atoms with Gasteiger partial charge in [0.1, 0.15) is 18.5 Å². The second-order valence-corrected chi connectivity index (χ2v) is 20.7. The van der Waals surface area contributed by atoms with Crippen LogP contribution in [0.5, 0.6) is 0 Å². The van der Waals surface area contributed by atoms with Gasteiger partial charge >= 0.3 is 24.1 Å². The molecule has 4 aromatic rings. The lowest BCUT2D eigenvalue weighted by atomic mass is 9.84. The number of methoxy groups -OCH3 is 1. The summed E-state index contributed by atoms with van der Waals surface area (Å²) in [5, 5.41) is 4.44. The van der Waals surface area contributed by atoms with E-state index < -0.39 is 54.3 Å². The zero-order valence-corrected chi connectivity index (χ0v) is 41.4. The molecule has 0 aliphatic carbocycles. The number of ether oxygens (including phenoxy) is 2. The Bertz CT molecular complexity index is 2720. The fourth-order valence-electron chi connectivity index (χ4n) is 10.0. The number of hydrogen-bond donors (Lipinski definition) is 1. The van der Waals surface area contributed by atoms with Gasteiger partial charge < -0.3 is 28.7 Å². The van der Waals surface area contributed by atoms with Crippen molar-refractivity contribution in [3.05, 3.63) is 70.8 Å². The Morgan fingerprint density at radius 2 is 1.83 bits per heavy atom. The van der Waals surface area contributed by atoms with E-state index in [0.29, 0.717) is 95.2 Å². The molecule has 7 heterocycles. The molecule has 4 aliphatic rings. The smallest absolute Gasteiger partial charge is 0.410 e. The first-order chi connectivity index (χ1) is 33.2. The van der Waals surface area contributed by atoms with Crippen LogP contribution in [0.15, 0.2) is 54.6 Å². The number of alkyl halides is 3. The standard InChI is InChI=1S/C50H61F3N9O7S/c1-9-41(63)58-18-20-59(21-19-58)48(67)57(7)43(29(2)3)46(65)60-25-39(60)34-23-40-55-37(26-70-40)31-14-15-38-33(22-31)35(24-49(5,6)28-69-47(66)36-13-11-17-62(56-36)45(34)64)44(61(38)27-50(51,52)53)32-12-10-16-54-42(32)30(4)68-8/h9-10,12,14-16,22,25-26,29-30,34,36,39,43,56H,1,11,13,17-21,23-24,27-28H2,2-8H3/q+1/t30-,34?,36-,39?,43-/m0/s1. The molecule has 0 radical (unpaired) electrons. The summed E-state index contributed by atoms with van der Waals surface area (Å²) in [7, 11) is 3.11. The van der Waals surface area contributed by atoms with E-state index >= 15 is 0 Å². The molecule has 70 heavy (non-hydrogen) atoms. The number of nitrogens with zero attached hydrogens (tertiary/aromatic N) is 8. The van der Waals surface area contributed by atoms with Gasteiger partial charge in [0.2, 0.25) is 24.1 Å². The normalized spacial score (nSPS) is 21.7. The zero-order chi connectivity index (χ0) is 50.4. The van der Waals surface area contributed by atoms with Crippen molar-refractivity contribution in [1.29, 1.82) is 0 Å². The molecule has 2 unspecified atom stereocenters. The van der Waals surface area contributed by atoms with E-state index in [1.165, 1.54) is 43.6 Å². The van der Waals surface area contributed by atoms with Crippen molar-refractivity contribution in [1.82, 2.24) is 39.7 Å². The highest BCUT2D eigenvalue weighted by molar-refractivity contribution is 7.10. The summed E-state index contributed by atoms with van der Waals surface area (Å²) in [4.78, 5) is 83.5. The lowest BCUT2D eigenvalue weighted by molar-refractivity contribution is -0.405. The molecule has 2 saturated heterocycles. The van der Waals surface area contributed by atoms with Crippen LogP contribution in [0.4, 0.5) is 18.0 Å². The summed E-state index contributed by atoms with van der Waals surface area (Å²) >= 11 is 1.33. The van der Waals surface area contributed by atoms with Gasteiger partial charge in [0.15, 0.2) is 6.04 Å². The number of cyclic esters (lactones) is 1. The molecule has 1 N–H and O–H groups in total. The average Bonchev–Trinajstić information content (AvgIpc) is 3.91. The predicted octanol–water partition coefficient (Wildman–Crippen LogP) is 6.28. The van der Waals surface area contributed by atoms with Crippen LogP contribution < -0.4 is 5.43 Å². The van der Waals surface area contributed by atoms with Crippen molar-refractivity contribution in [3.63, 3.8) is 0 Å². The maximum atomic E-state index is 14.8. The first-order valence-corrected chi connectivity index (χ1v) is 24.6. The van der Waals surface area contributed by atoms with Gasteiger partial charge in [0.25, 0.3) is 0 Å². The van der Waals surface area contributed by atoms with Crippen molar-refractivity contribution in [2.75, 3.05) is 53.5 Å². The van der Waals surface area contributed by atoms with Gasteiger partial charge in [-0.25, -0.2) is 20.0 Å². The lowest BCUT2D eigenvalue weighted by Gasteiger charge is -2.38. The number of fused-ring (bicyclic) bond motifs is 6. The second kappa shape index (κ2) is 20.0. The van der Waals surface area contributed by atoms with Crippen LogP contribution in [0.3, 0.4) is 0 Å². The van der Waals surface area contributed by atoms with Gasteiger partial charge in [-0.3, -0.25) is 24.4 Å². The van der Waals surface area contributed by atoms with Gasteiger partial charge in [-0.2, -0.15) is 13.2 Å². The number of hydrazine groups is 1. The number of piperazine rings is 1. The predicted molar refractivity (Wildman–Crippen MR) is 257 cm³/mol. The Labute approximate surface area is 409 Å². The first kappa shape index (κ1) is 50.4. The number of thiazole rings is 1. The summed E-state index contributed by atoms with van der Waals surface area (Å²) in [6.45, 7) is 13.0. The first-order valence-electron chi connectivity index (χ1n) is 23.7. The van der Waals surface area contributed by atoms with Gasteiger partial charge in [-0.1, -0.05) is 40.3 Å². The van der Waals surface area contributed by atoms with E-state index in [0.717, 1.165) is 0 Å². The van der Waals surface area contributed by atoms with Crippen molar-refractivity contribution in [2.45, 2.75) is 97.3 Å². The average molecular weight is 989 g/mol. The van der Waals surface area contributed by atoms with E-state index in [1.54, 1.807) is 60.4 Å². The summed E-state index contributed by atoms with van der Waals surface area (Å²) < 4.78 is 58.5. The highest BCUT2D eigenvalue weighted by atomic mass is 32.1. The molecule has 4 aliphatic heterocycles. The number of likely N-dealkylation sites (N-methyl/N-ethyl adjacent to an activating group) is 1. The van der Waals surface area contributed by atoms with Crippen molar-refractivity contribution in [3.8, 4) is 22.5 Å². The molecule has 6 bridgehead atoms. The number of esters is 1. The number of halogens is 3. The minimum Gasteiger partial charge on any atom is -0.464 e. The second-order valence-electron chi connectivity index (χ2n) is 19.8. The Morgan fingerprint density at radius 1 is 1.10 bits per heavy atom. The molecule has 0 saturated carbocycles. The number of hydrogen-bond acceptors (Lipinski definition) is 11. The number of nitrogens with one attached hydrogen (secondary N) is 1. The van der Waals surface area contributed by atoms with Gasteiger partial charge in [-0.15, -0.1) is 15.9 Å². The highest BCUT2D eigenvalue weighted by Gasteiger charge is 2.55. The van der Waals surface area contributed by atoms with Crippen molar-refractivity contribution in [2.24, 2.45) is 17.3 Å². The molecule has 16 nitrogen and oxygen atoms in total. The van der Waals surface area contributed by atoms with E-state index in [4.69, 9.17) is 14.5 Å². The maximum absolute atomic E-state index is 14.8. The fourth-order valence-corrected chi connectivity index (χ4v) is 10.9. The summed E-state index contributed by atoms with van der Waals surface area (Å²) in [5.74, 6) is -2.63. The summed E-state index contributed by atoms with van der Waals surface area (Å²) in [6, 6.07) is 5.95. The zero-order valence-electron chi connectivity index (χ0n) is 40.6. The Kier molecular flexibility index (Phi) is 14.4. The lowest BCUT2D eigenvalue weighted by Crippen LogP contribution is -2.58. The third kappa shape index (κ3) is 10.4. The number of benzene rings is 1. The molecule has 5 amide bonds. The maximum Gasteiger partial charge on any atom is 0.410 e. The largest absolute Gasteiger partial charge is 0.464 e. The molecule has 1 aromatic carbocycles. The topological polar surface area (TPSA) is 163 Å². The van der Waals surface area contributed by atoms with Crippen LogP contribution in [0.2, 0.25) is 0 Å². The number of urea groups is 1. The Hall–Kier alpha value is -5.99. The van der Waals surface area contributed by atoms with Crippen LogP contribution in [0, 0.1) is 17.3 Å². The molecule has 3 aromatic heterocycles. The van der Waals surface area contributed by atoms with E-state index in [9.17, 15) is 37.1 Å². The molecular formula is C50H61F3N9O7S+. The Morgan fingerprint density at radius 3 is 2.51 bits per heavy atom. The molecule has 2 fully saturated rings. The summed E-state index contributed by atoms with van der Waals surface area (Å²) in [5.41, 5.74) is 5.80. The van der Waals surface area contributed by atoms with Crippen LogP contribution in [0.25, 0.3) is 33.4 Å².